The van der Waals surface area contributed by atoms with Gasteiger partial charge in [-0.05, 0) is 68.4 Å². The summed E-state index contributed by atoms with van der Waals surface area (Å²) >= 11 is 0. The van der Waals surface area contributed by atoms with Crippen molar-refractivity contribution in [2.24, 2.45) is 5.92 Å². The molecular weight excluding hydrogens is 448 g/mol. The Labute approximate surface area is 200 Å². The highest BCUT2D eigenvalue weighted by Gasteiger charge is 2.32. The van der Waals surface area contributed by atoms with Crippen LogP contribution >= 0.6 is 0 Å². The summed E-state index contributed by atoms with van der Waals surface area (Å²) in [5.74, 6) is 0.541. The van der Waals surface area contributed by atoms with Crippen LogP contribution in [0.1, 0.15) is 55.7 Å². The number of hydrogen-bond donors (Lipinski definition) is 1. The van der Waals surface area contributed by atoms with Gasteiger partial charge in [-0.15, -0.1) is 0 Å². The number of hydrogen-bond acceptors (Lipinski definition) is 6. The number of carbonyl (C=O) groups excluding carboxylic acids is 1. The van der Waals surface area contributed by atoms with Crippen molar-refractivity contribution in [3.05, 3.63) is 59.9 Å². The number of fused-ring (bicyclic) bond motifs is 1. The maximum absolute atomic E-state index is 13.0. The zero-order valence-corrected chi connectivity index (χ0v) is 20.4. The van der Waals surface area contributed by atoms with Crippen molar-refractivity contribution in [2.75, 3.05) is 23.9 Å². The molecule has 3 aromatic rings. The molecule has 0 bridgehead atoms. The smallest absolute Gasteiger partial charge is 0.225 e. The molecule has 2 fully saturated rings. The van der Waals surface area contributed by atoms with Crippen molar-refractivity contribution < 1.29 is 13.2 Å². The number of nitrogens with one attached hydrogen (secondary N) is 1. The maximum atomic E-state index is 13.0. The summed E-state index contributed by atoms with van der Waals surface area (Å²) in [7, 11) is -1.18. The molecule has 1 unspecified atom stereocenters. The Morgan fingerprint density at radius 1 is 1.06 bits per heavy atom. The van der Waals surface area contributed by atoms with Crippen molar-refractivity contribution in [2.45, 2.75) is 44.6 Å². The second kappa shape index (κ2) is 8.98. The standard InChI is InChI=1S/C26H30N4O3S/c1-17(30(2)26(31)20-11-14-34(32,33)15-12-20)18-7-9-21(10-8-18)29-23-16-28-22-4-3-13-27-25(22)24(23)19-5-6-19/h3-4,7-10,13,16-17,19-20,29H,5-6,11-12,14-15H2,1-2H3. The quantitative estimate of drug-likeness (QED) is 0.557. The zero-order chi connectivity index (χ0) is 23.9. The molecule has 7 nitrogen and oxygen atoms in total. The van der Waals surface area contributed by atoms with E-state index in [1.54, 1.807) is 11.9 Å². The predicted octanol–water partition coefficient (Wildman–Crippen LogP) is 4.60. The van der Waals surface area contributed by atoms with Gasteiger partial charge >= 0.3 is 0 Å². The van der Waals surface area contributed by atoms with Crippen molar-refractivity contribution in [3.63, 3.8) is 0 Å². The second-order valence-electron chi connectivity index (χ2n) is 9.53. The number of rotatable bonds is 6. The fraction of sp³-hybridized carbons (Fsp3) is 0.423. The number of aromatic nitrogens is 2. The molecular formula is C26H30N4O3S. The molecule has 34 heavy (non-hydrogen) atoms. The van der Waals surface area contributed by atoms with E-state index in [4.69, 9.17) is 0 Å². The van der Waals surface area contributed by atoms with Crippen LogP contribution in [0.4, 0.5) is 11.4 Å². The molecule has 1 aromatic carbocycles. The number of sulfone groups is 1. The van der Waals surface area contributed by atoms with Crippen molar-refractivity contribution in [1.82, 2.24) is 14.9 Å². The molecule has 1 saturated carbocycles. The van der Waals surface area contributed by atoms with Crippen LogP contribution in [-0.2, 0) is 14.6 Å². The van der Waals surface area contributed by atoms with Crippen LogP contribution in [0, 0.1) is 5.92 Å². The van der Waals surface area contributed by atoms with Crippen molar-refractivity contribution in [1.29, 1.82) is 0 Å². The molecule has 1 aliphatic heterocycles. The van der Waals surface area contributed by atoms with E-state index in [2.05, 4.69) is 15.3 Å². The van der Waals surface area contributed by atoms with Gasteiger partial charge in [-0.1, -0.05) is 12.1 Å². The summed E-state index contributed by atoms with van der Waals surface area (Å²) in [4.78, 5) is 23.9. The summed E-state index contributed by atoms with van der Waals surface area (Å²) in [6, 6.07) is 11.9. The third-order valence-corrected chi connectivity index (χ3v) is 8.87. The summed E-state index contributed by atoms with van der Waals surface area (Å²) < 4.78 is 23.4. The summed E-state index contributed by atoms with van der Waals surface area (Å²) in [5.41, 5.74) is 6.11. The van der Waals surface area contributed by atoms with Crippen LogP contribution in [0.5, 0.6) is 0 Å². The molecule has 2 aromatic heterocycles. The molecule has 2 aliphatic rings. The van der Waals surface area contributed by atoms with Gasteiger partial charge in [0.2, 0.25) is 5.91 Å². The molecule has 1 amide bonds. The Morgan fingerprint density at radius 2 is 1.76 bits per heavy atom. The van der Waals surface area contributed by atoms with E-state index in [9.17, 15) is 13.2 Å². The summed E-state index contributed by atoms with van der Waals surface area (Å²) in [5, 5.41) is 3.52. The summed E-state index contributed by atoms with van der Waals surface area (Å²) in [6.45, 7) is 2.00. The van der Waals surface area contributed by atoms with Crippen LogP contribution in [0.3, 0.4) is 0 Å². The van der Waals surface area contributed by atoms with Gasteiger partial charge in [0.05, 0.1) is 40.5 Å². The lowest BCUT2D eigenvalue weighted by molar-refractivity contribution is -0.136. The molecule has 8 heteroatoms. The first-order valence-corrected chi connectivity index (χ1v) is 13.7. The van der Waals surface area contributed by atoms with Gasteiger partial charge < -0.3 is 10.2 Å². The average molecular weight is 479 g/mol. The number of benzene rings is 1. The Kier molecular flexibility index (Phi) is 6.02. The minimum Gasteiger partial charge on any atom is -0.354 e. The molecule has 5 rings (SSSR count). The van der Waals surface area contributed by atoms with Crippen molar-refractivity contribution in [3.8, 4) is 0 Å². The Bertz CT molecular complexity index is 1310. The van der Waals surface area contributed by atoms with E-state index in [1.807, 2.05) is 55.7 Å². The lowest BCUT2D eigenvalue weighted by Crippen LogP contribution is -2.38. The molecule has 1 N–H and O–H groups in total. The molecule has 178 valence electrons. The zero-order valence-electron chi connectivity index (χ0n) is 19.6. The van der Waals surface area contributed by atoms with Crippen molar-refractivity contribution >= 4 is 38.2 Å². The van der Waals surface area contributed by atoms with Crippen LogP contribution in [-0.4, -0.2) is 47.7 Å². The topological polar surface area (TPSA) is 92.3 Å². The third kappa shape index (κ3) is 4.64. The second-order valence-corrected chi connectivity index (χ2v) is 11.8. The Balaban J connectivity index is 1.29. The minimum atomic E-state index is -2.98. The third-order valence-electron chi connectivity index (χ3n) is 7.15. The minimum absolute atomic E-state index is 0.0217. The monoisotopic (exact) mass is 478 g/mol. The molecule has 3 heterocycles. The van der Waals surface area contributed by atoms with Gasteiger partial charge in [0, 0.05) is 30.4 Å². The fourth-order valence-corrected chi connectivity index (χ4v) is 6.26. The first-order valence-electron chi connectivity index (χ1n) is 11.9. The predicted molar refractivity (Wildman–Crippen MR) is 134 cm³/mol. The number of anilines is 2. The van der Waals surface area contributed by atoms with Crippen LogP contribution in [0.25, 0.3) is 11.0 Å². The molecule has 1 aliphatic carbocycles. The largest absolute Gasteiger partial charge is 0.354 e. The Hall–Kier alpha value is -3.00. The van der Waals surface area contributed by atoms with Gasteiger partial charge in [0.15, 0.2) is 0 Å². The van der Waals surface area contributed by atoms with E-state index >= 15 is 0 Å². The fourth-order valence-electron chi connectivity index (χ4n) is 4.76. The highest BCUT2D eigenvalue weighted by Crippen LogP contribution is 2.46. The molecule has 1 saturated heterocycles. The highest BCUT2D eigenvalue weighted by atomic mass is 32.2. The van der Waals surface area contributed by atoms with Gasteiger partial charge in [-0.3, -0.25) is 14.8 Å². The van der Waals surface area contributed by atoms with E-state index in [1.165, 1.54) is 18.4 Å². The molecule has 1 atom stereocenters. The lowest BCUT2D eigenvalue weighted by Gasteiger charge is -2.31. The number of nitrogens with zero attached hydrogens (tertiary/aromatic N) is 3. The Morgan fingerprint density at radius 3 is 2.44 bits per heavy atom. The van der Waals surface area contributed by atoms with E-state index in [0.717, 1.165) is 28.0 Å². The number of amides is 1. The van der Waals surface area contributed by atoms with Crippen LogP contribution < -0.4 is 5.32 Å². The van der Waals surface area contributed by atoms with Crippen LogP contribution in [0.15, 0.2) is 48.8 Å². The van der Waals surface area contributed by atoms with Gasteiger partial charge in [-0.2, -0.15) is 0 Å². The molecule has 0 spiro atoms. The van der Waals surface area contributed by atoms with Crippen LogP contribution in [0.2, 0.25) is 0 Å². The molecule has 0 radical (unpaired) electrons. The first kappa shape index (κ1) is 22.8. The maximum Gasteiger partial charge on any atom is 0.225 e. The lowest BCUT2D eigenvalue weighted by atomic mass is 9.99. The van der Waals surface area contributed by atoms with E-state index in [-0.39, 0.29) is 29.4 Å². The van der Waals surface area contributed by atoms with Gasteiger partial charge in [0.25, 0.3) is 0 Å². The SMILES string of the molecule is CC(c1ccc(Nc2cnc3cccnc3c2C2CC2)cc1)N(C)C(=O)C1CCS(=O)(=O)CC1. The summed E-state index contributed by atoms with van der Waals surface area (Å²) in [6.07, 6.45) is 6.89. The first-order chi connectivity index (χ1) is 16.3. The highest BCUT2D eigenvalue weighted by molar-refractivity contribution is 7.91. The van der Waals surface area contributed by atoms with Gasteiger partial charge in [0.1, 0.15) is 9.84 Å². The average Bonchev–Trinajstić information content (AvgIpc) is 3.68. The number of carbonyl (C=O) groups is 1. The van der Waals surface area contributed by atoms with E-state index in [0.29, 0.717) is 18.8 Å². The van der Waals surface area contributed by atoms with Gasteiger partial charge in [-0.25, -0.2) is 8.42 Å². The normalized spacial score (nSPS) is 19.0. The number of pyridine rings is 2. The van der Waals surface area contributed by atoms with E-state index < -0.39 is 9.84 Å².